The van der Waals surface area contributed by atoms with Crippen molar-refractivity contribution in [1.82, 2.24) is 4.98 Å². The second-order valence-electron chi connectivity index (χ2n) is 2.17. The van der Waals surface area contributed by atoms with Crippen molar-refractivity contribution in [3.05, 3.63) is 23.0 Å². The van der Waals surface area contributed by atoms with Gasteiger partial charge in [0.2, 0.25) is 0 Å². The van der Waals surface area contributed by atoms with E-state index in [1.165, 1.54) is 0 Å². The lowest BCUT2D eigenvalue weighted by atomic mass is 10.3. The van der Waals surface area contributed by atoms with E-state index in [-0.39, 0.29) is 10.6 Å². The summed E-state index contributed by atoms with van der Waals surface area (Å²) >= 11 is 4.74. The molecule has 11 heavy (non-hydrogen) atoms. The normalized spacial score (nSPS) is 10.5. The first-order chi connectivity index (χ1) is 5.27. The Bertz CT molecular complexity index is 443. The minimum Gasteiger partial charge on any atom is -0.504 e. The molecule has 3 nitrogen and oxygen atoms in total. The summed E-state index contributed by atoms with van der Waals surface area (Å²) in [6, 6.07) is 5.06. The van der Waals surface area contributed by atoms with E-state index in [0.29, 0.717) is 5.58 Å². The van der Waals surface area contributed by atoms with Gasteiger partial charge in [0.15, 0.2) is 11.3 Å². The molecule has 0 aliphatic carbocycles. The maximum Gasteiger partial charge on any atom is 0.267 e. The topological polar surface area (TPSA) is 49.2 Å². The Labute approximate surface area is 67.3 Å². The van der Waals surface area contributed by atoms with Gasteiger partial charge in [-0.2, -0.15) is 0 Å². The smallest absolute Gasteiger partial charge is 0.267 e. The zero-order valence-electron chi connectivity index (χ0n) is 5.50. The van der Waals surface area contributed by atoms with E-state index in [4.69, 9.17) is 16.6 Å². The maximum absolute atomic E-state index is 9.22. The largest absolute Gasteiger partial charge is 0.504 e. The third-order valence-electron chi connectivity index (χ3n) is 1.43. The molecule has 1 aromatic heterocycles. The fourth-order valence-corrected chi connectivity index (χ4v) is 1.15. The molecular formula is C7H5NO2S. The summed E-state index contributed by atoms with van der Waals surface area (Å²) in [5, 5.41) is 9.22. The van der Waals surface area contributed by atoms with E-state index in [2.05, 4.69) is 4.98 Å². The molecular weight excluding hydrogens is 162 g/mol. The van der Waals surface area contributed by atoms with Crippen LogP contribution in [0.25, 0.3) is 11.1 Å². The average molecular weight is 167 g/mol. The van der Waals surface area contributed by atoms with Gasteiger partial charge in [0.25, 0.3) is 4.84 Å². The highest BCUT2D eigenvalue weighted by Crippen LogP contribution is 2.22. The number of phenolic OH excluding ortho intramolecular Hbond substituents is 1. The van der Waals surface area contributed by atoms with Crippen LogP contribution in [-0.4, -0.2) is 10.1 Å². The van der Waals surface area contributed by atoms with Crippen molar-refractivity contribution >= 4 is 23.3 Å². The minimum absolute atomic E-state index is 0.106. The molecule has 2 N–H and O–H groups in total. The molecule has 0 aliphatic heterocycles. The number of oxazole rings is 1. The Kier molecular flexibility index (Phi) is 1.22. The van der Waals surface area contributed by atoms with Crippen molar-refractivity contribution in [1.29, 1.82) is 0 Å². The summed E-state index contributed by atoms with van der Waals surface area (Å²) in [7, 11) is 0. The maximum atomic E-state index is 9.22. The first kappa shape index (κ1) is 6.42. The van der Waals surface area contributed by atoms with Crippen molar-refractivity contribution < 1.29 is 9.52 Å². The molecule has 0 spiro atoms. The van der Waals surface area contributed by atoms with E-state index in [1.54, 1.807) is 18.2 Å². The Hall–Kier alpha value is -1.29. The molecule has 1 aromatic carbocycles. The molecule has 0 atom stereocenters. The number of fused-ring (bicyclic) bond motifs is 1. The summed E-state index contributed by atoms with van der Waals surface area (Å²) < 4.78 is 5.01. The molecule has 0 aliphatic rings. The van der Waals surface area contributed by atoms with E-state index in [1.807, 2.05) is 0 Å². The average Bonchev–Trinajstić information content (AvgIpc) is 2.31. The van der Waals surface area contributed by atoms with Gasteiger partial charge in [0.05, 0.1) is 5.52 Å². The van der Waals surface area contributed by atoms with E-state index in [9.17, 15) is 5.11 Å². The lowest BCUT2D eigenvalue weighted by Gasteiger charge is -1.88. The molecule has 2 aromatic rings. The zero-order valence-corrected chi connectivity index (χ0v) is 6.31. The molecule has 0 amide bonds. The van der Waals surface area contributed by atoms with Gasteiger partial charge in [-0.05, 0) is 24.4 Å². The van der Waals surface area contributed by atoms with Gasteiger partial charge in [0.1, 0.15) is 0 Å². The third kappa shape index (κ3) is 0.914. The highest BCUT2D eigenvalue weighted by Gasteiger charge is 2.01. The monoisotopic (exact) mass is 167 g/mol. The third-order valence-corrected chi connectivity index (χ3v) is 1.61. The van der Waals surface area contributed by atoms with Gasteiger partial charge in [-0.25, -0.2) is 0 Å². The molecule has 1 heterocycles. The summed E-state index contributed by atoms with van der Waals surface area (Å²) in [5.41, 5.74) is 1.13. The number of nitrogens with one attached hydrogen (secondary N) is 1. The highest BCUT2D eigenvalue weighted by atomic mass is 32.1. The number of hydrogen-bond donors (Lipinski definition) is 2. The number of aromatic amines is 1. The van der Waals surface area contributed by atoms with Crippen LogP contribution < -0.4 is 0 Å². The van der Waals surface area contributed by atoms with Crippen LogP contribution in [0.1, 0.15) is 0 Å². The van der Waals surface area contributed by atoms with Gasteiger partial charge in [-0.3, -0.25) is 0 Å². The van der Waals surface area contributed by atoms with Crippen molar-refractivity contribution in [2.45, 2.75) is 0 Å². The lowest BCUT2D eigenvalue weighted by molar-refractivity contribution is 0.462. The number of hydrogen-bond acceptors (Lipinski definition) is 3. The fourth-order valence-electron chi connectivity index (χ4n) is 0.959. The molecule has 0 bridgehead atoms. The molecule has 4 heteroatoms. The van der Waals surface area contributed by atoms with Crippen LogP contribution in [0.2, 0.25) is 0 Å². The summed E-state index contributed by atoms with van der Waals surface area (Å²) in [4.78, 5) is 3.07. The van der Waals surface area contributed by atoms with Crippen molar-refractivity contribution in [3.8, 4) is 5.75 Å². The summed E-state index contributed by atoms with van der Waals surface area (Å²) in [6.07, 6.45) is 0. The van der Waals surface area contributed by atoms with Crippen molar-refractivity contribution in [2.75, 3.05) is 0 Å². The lowest BCUT2D eigenvalue weighted by Crippen LogP contribution is -1.66. The van der Waals surface area contributed by atoms with E-state index in [0.717, 1.165) is 5.52 Å². The zero-order chi connectivity index (χ0) is 7.84. The van der Waals surface area contributed by atoms with Gasteiger partial charge in [-0.1, -0.05) is 6.07 Å². The number of H-pyrrole nitrogens is 1. The molecule has 2 rings (SSSR count). The Morgan fingerprint density at radius 2 is 2.27 bits per heavy atom. The number of benzene rings is 1. The number of phenols is 1. The molecule has 0 saturated heterocycles. The first-order valence-corrected chi connectivity index (χ1v) is 3.49. The Morgan fingerprint density at radius 1 is 1.45 bits per heavy atom. The Morgan fingerprint density at radius 3 is 3.00 bits per heavy atom. The Balaban J connectivity index is 3.01. The number of aromatic nitrogens is 1. The van der Waals surface area contributed by atoms with Crippen molar-refractivity contribution in [2.24, 2.45) is 0 Å². The van der Waals surface area contributed by atoms with Gasteiger partial charge in [0, 0.05) is 0 Å². The van der Waals surface area contributed by atoms with Crippen molar-refractivity contribution in [3.63, 3.8) is 0 Å². The van der Waals surface area contributed by atoms with E-state index >= 15 is 0 Å². The predicted octanol–water partition coefficient (Wildman–Crippen LogP) is 2.20. The standard InChI is InChI=1S/C7H5NO2S/c9-5-3-1-2-4-6(5)10-7(11)8-4/h1-3,9H,(H,8,11). The van der Waals surface area contributed by atoms with E-state index < -0.39 is 0 Å². The highest BCUT2D eigenvalue weighted by molar-refractivity contribution is 7.71. The van der Waals surface area contributed by atoms with Gasteiger partial charge in [-0.15, -0.1) is 0 Å². The van der Waals surface area contributed by atoms with Crippen LogP contribution in [0.5, 0.6) is 5.75 Å². The van der Waals surface area contributed by atoms with Gasteiger partial charge < -0.3 is 14.5 Å². The van der Waals surface area contributed by atoms with Crippen LogP contribution in [-0.2, 0) is 0 Å². The number of rotatable bonds is 0. The first-order valence-electron chi connectivity index (χ1n) is 3.08. The minimum atomic E-state index is 0.106. The van der Waals surface area contributed by atoms with Gasteiger partial charge >= 0.3 is 0 Å². The van der Waals surface area contributed by atoms with Crippen LogP contribution in [0.3, 0.4) is 0 Å². The summed E-state index contributed by atoms with van der Waals surface area (Å²) in [5.74, 6) is 0.106. The fraction of sp³-hybridized carbons (Fsp3) is 0. The molecule has 0 radical (unpaired) electrons. The molecule has 0 unspecified atom stereocenters. The molecule has 0 fully saturated rings. The predicted molar refractivity (Wildman–Crippen MR) is 43.1 cm³/mol. The quantitative estimate of drug-likeness (QED) is 0.591. The summed E-state index contributed by atoms with van der Waals surface area (Å²) in [6.45, 7) is 0. The SMILES string of the molecule is Oc1cccc2[nH]c(=S)oc12. The number of aromatic hydroxyl groups is 1. The van der Waals surface area contributed by atoms with Crippen LogP contribution >= 0.6 is 12.2 Å². The molecule has 0 saturated carbocycles. The van der Waals surface area contributed by atoms with Crippen LogP contribution in [0.4, 0.5) is 0 Å². The van der Waals surface area contributed by atoms with Crippen LogP contribution in [0, 0.1) is 4.84 Å². The second-order valence-corrected chi connectivity index (χ2v) is 2.54. The van der Waals surface area contributed by atoms with Crippen LogP contribution in [0.15, 0.2) is 22.6 Å². The molecule has 56 valence electrons. The number of para-hydroxylation sites is 1. The second kappa shape index (κ2) is 2.10.